The molecule has 6 nitrogen and oxygen atoms in total. The first-order valence-corrected chi connectivity index (χ1v) is 12.7. The molecule has 3 N–H and O–H groups in total. The maximum absolute atomic E-state index is 13.3. The standard InChI is InChI=1S/C26H37N3O3S/c1-26(2,3)28-24(31)22(15-16-33-4)27-25(32)23(19-30)29(17-20-11-7-5-8-12-20)18-21-13-9-6-10-14-21/h5-14,22-23,30H,15-19H2,1-4H3,(H,27,32)(H,28,31)/t22-,23-/m0/s1. The number of hydrogen-bond donors (Lipinski definition) is 3. The Hall–Kier alpha value is -2.35. The van der Waals surface area contributed by atoms with Crippen LogP contribution in [0.4, 0.5) is 0 Å². The van der Waals surface area contributed by atoms with Gasteiger partial charge in [0.1, 0.15) is 12.1 Å². The predicted molar refractivity (Wildman–Crippen MR) is 136 cm³/mol. The lowest BCUT2D eigenvalue weighted by Crippen LogP contribution is -2.56. The van der Waals surface area contributed by atoms with Crippen molar-refractivity contribution in [2.75, 3.05) is 18.6 Å². The summed E-state index contributed by atoms with van der Waals surface area (Å²) in [5.41, 5.74) is 1.69. The van der Waals surface area contributed by atoms with Crippen molar-refractivity contribution in [3.63, 3.8) is 0 Å². The molecule has 0 aliphatic rings. The number of nitrogens with one attached hydrogen (secondary N) is 2. The molecule has 2 atom stereocenters. The molecular formula is C26H37N3O3S. The molecule has 0 bridgehead atoms. The van der Waals surface area contributed by atoms with Gasteiger partial charge in [-0.3, -0.25) is 14.5 Å². The Morgan fingerprint density at radius 3 is 1.88 bits per heavy atom. The van der Waals surface area contributed by atoms with Gasteiger partial charge in [0.2, 0.25) is 11.8 Å². The van der Waals surface area contributed by atoms with Gasteiger partial charge >= 0.3 is 0 Å². The first-order chi connectivity index (χ1) is 15.7. The Balaban J connectivity index is 2.23. The quantitative estimate of drug-likeness (QED) is 0.443. The second kappa shape index (κ2) is 13.4. The minimum absolute atomic E-state index is 0.209. The molecule has 33 heavy (non-hydrogen) atoms. The van der Waals surface area contributed by atoms with Crippen LogP contribution in [0.25, 0.3) is 0 Å². The van der Waals surface area contributed by atoms with Gasteiger partial charge in [0.05, 0.1) is 6.61 Å². The summed E-state index contributed by atoms with van der Waals surface area (Å²) in [5.74, 6) is 0.183. The van der Waals surface area contributed by atoms with Crippen LogP contribution in [0.15, 0.2) is 60.7 Å². The monoisotopic (exact) mass is 471 g/mol. The smallest absolute Gasteiger partial charge is 0.243 e. The van der Waals surface area contributed by atoms with Crippen LogP contribution in [0.2, 0.25) is 0 Å². The number of thioether (sulfide) groups is 1. The molecule has 2 amide bonds. The molecule has 0 radical (unpaired) electrons. The molecular weight excluding hydrogens is 434 g/mol. The number of carbonyl (C=O) groups excluding carboxylic acids is 2. The normalized spacial score (nSPS) is 13.4. The number of nitrogens with zero attached hydrogens (tertiary/aromatic N) is 1. The summed E-state index contributed by atoms with van der Waals surface area (Å²) in [4.78, 5) is 28.1. The lowest BCUT2D eigenvalue weighted by molar-refractivity contribution is -0.134. The maximum atomic E-state index is 13.3. The van der Waals surface area contributed by atoms with Crippen molar-refractivity contribution in [1.82, 2.24) is 15.5 Å². The van der Waals surface area contributed by atoms with E-state index >= 15 is 0 Å². The minimum atomic E-state index is -0.787. The van der Waals surface area contributed by atoms with Gasteiger partial charge in [0.15, 0.2) is 0 Å². The van der Waals surface area contributed by atoms with E-state index in [1.54, 1.807) is 11.8 Å². The van der Waals surface area contributed by atoms with Gasteiger partial charge in [-0.05, 0) is 50.3 Å². The van der Waals surface area contributed by atoms with Crippen LogP contribution in [0, 0.1) is 0 Å². The molecule has 0 aliphatic carbocycles. The van der Waals surface area contributed by atoms with Gasteiger partial charge in [-0.2, -0.15) is 11.8 Å². The van der Waals surface area contributed by atoms with E-state index in [1.165, 1.54) is 0 Å². The molecule has 0 fully saturated rings. The van der Waals surface area contributed by atoms with E-state index in [1.807, 2.05) is 92.6 Å². The Morgan fingerprint density at radius 1 is 0.939 bits per heavy atom. The van der Waals surface area contributed by atoms with Crippen LogP contribution in [-0.4, -0.2) is 58.1 Å². The van der Waals surface area contributed by atoms with Gasteiger partial charge < -0.3 is 15.7 Å². The minimum Gasteiger partial charge on any atom is -0.394 e. The van der Waals surface area contributed by atoms with Crippen molar-refractivity contribution >= 4 is 23.6 Å². The number of aliphatic hydroxyl groups is 1. The molecule has 0 spiro atoms. The second-order valence-electron chi connectivity index (χ2n) is 9.16. The fourth-order valence-electron chi connectivity index (χ4n) is 3.51. The fraction of sp³-hybridized carbons (Fsp3) is 0.462. The summed E-state index contributed by atoms with van der Waals surface area (Å²) in [7, 11) is 0. The SMILES string of the molecule is CSCC[C@H](NC(=O)[C@H](CO)N(Cc1ccccc1)Cc1ccccc1)C(=O)NC(C)(C)C. The Labute approximate surface area is 202 Å². The highest BCUT2D eigenvalue weighted by Crippen LogP contribution is 2.15. The molecule has 0 aliphatic heterocycles. The van der Waals surface area contributed by atoms with Crippen molar-refractivity contribution in [2.24, 2.45) is 0 Å². The summed E-state index contributed by atoms with van der Waals surface area (Å²) >= 11 is 1.63. The third-order valence-corrected chi connectivity index (χ3v) is 5.76. The summed E-state index contributed by atoms with van der Waals surface area (Å²) < 4.78 is 0. The van der Waals surface area contributed by atoms with Crippen LogP contribution >= 0.6 is 11.8 Å². The van der Waals surface area contributed by atoms with Crippen molar-refractivity contribution in [1.29, 1.82) is 0 Å². The van der Waals surface area contributed by atoms with E-state index in [0.29, 0.717) is 19.5 Å². The molecule has 0 heterocycles. The molecule has 180 valence electrons. The van der Waals surface area contributed by atoms with E-state index in [4.69, 9.17) is 0 Å². The fourth-order valence-corrected chi connectivity index (χ4v) is 3.98. The largest absolute Gasteiger partial charge is 0.394 e. The third kappa shape index (κ3) is 9.58. The molecule has 2 aromatic carbocycles. The number of hydrogen-bond acceptors (Lipinski definition) is 5. The molecule has 0 aromatic heterocycles. The Kier molecular flexibility index (Phi) is 10.9. The van der Waals surface area contributed by atoms with Crippen LogP contribution in [0.1, 0.15) is 38.3 Å². The number of aliphatic hydroxyl groups excluding tert-OH is 1. The van der Waals surface area contributed by atoms with E-state index in [-0.39, 0.29) is 18.4 Å². The Morgan fingerprint density at radius 2 is 1.45 bits per heavy atom. The second-order valence-corrected chi connectivity index (χ2v) is 10.1. The van der Waals surface area contributed by atoms with Crippen molar-refractivity contribution in [3.8, 4) is 0 Å². The van der Waals surface area contributed by atoms with Crippen molar-refractivity contribution < 1.29 is 14.7 Å². The zero-order chi connectivity index (χ0) is 24.3. The van der Waals surface area contributed by atoms with Crippen LogP contribution < -0.4 is 10.6 Å². The average molecular weight is 472 g/mol. The van der Waals surface area contributed by atoms with Gasteiger partial charge in [0, 0.05) is 18.6 Å². The van der Waals surface area contributed by atoms with E-state index in [2.05, 4.69) is 10.6 Å². The molecule has 7 heteroatoms. The van der Waals surface area contributed by atoms with Crippen molar-refractivity contribution in [2.45, 2.75) is 57.9 Å². The number of amides is 2. The molecule has 2 aromatic rings. The summed E-state index contributed by atoms with van der Waals surface area (Å²) in [6.07, 6.45) is 2.49. The summed E-state index contributed by atoms with van der Waals surface area (Å²) in [6, 6.07) is 18.3. The average Bonchev–Trinajstić information content (AvgIpc) is 2.77. The van der Waals surface area contributed by atoms with E-state index in [9.17, 15) is 14.7 Å². The van der Waals surface area contributed by atoms with Crippen LogP contribution in [-0.2, 0) is 22.7 Å². The summed E-state index contributed by atoms with van der Waals surface area (Å²) in [5, 5.41) is 16.1. The third-order valence-electron chi connectivity index (χ3n) is 5.12. The first kappa shape index (κ1) is 26.9. The highest BCUT2D eigenvalue weighted by Gasteiger charge is 2.30. The van der Waals surface area contributed by atoms with E-state index in [0.717, 1.165) is 16.9 Å². The highest BCUT2D eigenvalue weighted by atomic mass is 32.2. The highest BCUT2D eigenvalue weighted by molar-refractivity contribution is 7.98. The number of benzene rings is 2. The lowest BCUT2D eigenvalue weighted by atomic mass is 10.1. The molecule has 0 saturated heterocycles. The van der Waals surface area contributed by atoms with Crippen LogP contribution in [0.5, 0.6) is 0 Å². The molecule has 0 saturated carbocycles. The lowest BCUT2D eigenvalue weighted by Gasteiger charge is -2.32. The van der Waals surface area contributed by atoms with Gasteiger partial charge in [-0.15, -0.1) is 0 Å². The van der Waals surface area contributed by atoms with Gasteiger partial charge in [-0.25, -0.2) is 0 Å². The number of rotatable bonds is 12. The van der Waals surface area contributed by atoms with Crippen molar-refractivity contribution in [3.05, 3.63) is 71.8 Å². The zero-order valence-corrected chi connectivity index (χ0v) is 20.9. The van der Waals surface area contributed by atoms with Crippen LogP contribution in [0.3, 0.4) is 0 Å². The van der Waals surface area contributed by atoms with E-state index < -0.39 is 17.6 Å². The predicted octanol–water partition coefficient (Wildman–Crippen LogP) is 3.20. The number of carbonyl (C=O) groups is 2. The van der Waals surface area contributed by atoms with Gasteiger partial charge in [-0.1, -0.05) is 60.7 Å². The first-order valence-electron chi connectivity index (χ1n) is 11.3. The topological polar surface area (TPSA) is 81.7 Å². The Bertz CT molecular complexity index is 815. The molecule has 2 rings (SSSR count). The molecule has 0 unspecified atom stereocenters. The maximum Gasteiger partial charge on any atom is 0.243 e. The van der Waals surface area contributed by atoms with Gasteiger partial charge in [0.25, 0.3) is 0 Å². The summed E-state index contributed by atoms with van der Waals surface area (Å²) in [6.45, 7) is 6.39. The zero-order valence-electron chi connectivity index (χ0n) is 20.1.